The summed E-state index contributed by atoms with van der Waals surface area (Å²) in [4.78, 5) is 8.93. The average molecular weight is 226 g/mol. The summed E-state index contributed by atoms with van der Waals surface area (Å²) in [6.45, 7) is 0. The maximum Gasteiger partial charge on any atom is 0.0967 e. The first kappa shape index (κ1) is 10.1. The molecular formula is C13H14N4. The molecule has 0 aromatic heterocycles. The highest BCUT2D eigenvalue weighted by molar-refractivity contribution is 6.03. The predicted molar refractivity (Wildman–Crippen MR) is 69.9 cm³/mol. The fraction of sp³-hybridized carbons (Fsp3) is 0.231. The standard InChI is InChI=1S/C13H14N4/c14-8-15-11-6-3-7-12-13(11)17-10-5-2-1-4-9(10)16-12/h1-5,7-8,10-11,17H,6H2,(H2,14,15). The smallest absolute Gasteiger partial charge is 0.0967 e. The van der Waals surface area contributed by atoms with Crippen molar-refractivity contribution < 1.29 is 0 Å². The van der Waals surface area contributed by atoms with Crippen LogP contribution in [-0.4, -0.2) is 24.1 Å². The monoisotopic (exact) mass is 226 g/mol. The molecule has 4 heteroatoms. The fourth-order valence-corrected chi connectivity index (χ4v) is 2.26. The molecule has 0 fully saturated rings. The lowest BCUT2D eigenvalue weighted by molar-refractivity contribution is 0.649. The molecular weight excluding hydrogens is 212 g/mol. The predicted octanol–water partition coefficient (Wildman–Crippen LogP) is 1.05. The summed E-state index contributed by atoms with van der Waals surface area (Å²) < 4.78 is 0. The van der Waals surface area contributed by atoms with Gasteiger partial charge in [-0.15, -0.1) is 0 Å². The van der Waals surface area contributed by atoms with Crippen LogP contribution in [0, 0.1) is 0 Å². The van der Waals surface area contributed by atoms with Gasteiger partial charge in [-0.25, -0.2) is 4.99 Å². The lowest BCUT2D eigenvalue weighted by atomic mass is 9.97. The van der Waals surface area contributed by atoms with Crippen LogP contribution in [-0.2, 0) is 0 Å². The van der Waals surface area contributed by atoms with E-state index in [-0.39, 0.29) is 12.1 Å². The highest BCUT2D eigenvalue weighted by Crippen LogP contribution is 2.26. The first-order valence-electron chi connectivity index (χ1n) is 5.72. The minimum Gasteiger partial charge on any atom is -0.390 e. The second kappa shape index (κ2) is 4.05. The highest BCUT2D eigenvalue weighted by Gasteiger charge is 2.27. The van der Waals surface area contributed by atoms with Crippen LogP contribution < -0.4 is 11.1 Å². The van der Waals surface area contributed by atoms with Gasteiger partial charge in [0, 0.05) is 0 Å². The van der Waals surface area contributed by atoms with Crippen molar-refractivity contribution in [3.05, 3.63) is 47.9 Å². The Morgan fingerprint density at radius 2 is 2.35 bits per heavy atom. The van der Waals surface area contributed by atoms with E-state index in [1.54, 1.807) is 0 Å². The summed E-state index contributed by atoms with van der Waals surface area (Å²) in [5, 5.41) is 3.48. The number of nitrogens with zero attached hydrogens (tertiary/aromatic N) is 2. The van der Waals surface area contributed by atoms with Crippen LogP contribution in [0.5, 0.6) is 0 Å². The van der Waals surface area contributed by atoms with E-state index in [4.69, 9.17) is 5.73 Å². The number of fused-ring (bicyclic) bond motifs is 1. The van der Waals surface area contributed by atoms with Gasteiger partial charge in [0.2, 0.25) is 0 Å². The number of allylic oxidation sites excluding steroid dienone is 3. The molecule has 1 aliphatic heterocycles. The fourth-order valence-electron chi connectivity index (χ4n) is 2.26. The Kier molecular flexibility index (Phi) is 2.40. The van der Waals surface area contributed by atoms with Gasteiger partial charge >= 0.3 is 0 Å². The Morgan fingerprint density at radius 1 is 1.41 bits per heavy atom. The molecule has 2 atom stereocenters. The molecule has 0 spiro atoms. The zero-order valence-corrected chi connectivity index (χ0v) is 9.38. The third kappa shape index (κ3) is 1.71. The molecule has 3 N–H and O–H groups in total. The molecule has 0 aromatic rings. The van der Waals surface area contributed by atoms with Gasteiger partial charge in [0.15, 0.2) is 0 Å². The van der Waals surface area contributed by atoms with Gasteiger partial charge < -0.3 is 11.1 Å². The third-order valence-corrected chi connectivity index (χ3v) is 3.07. The number of nitrogens with two attached hydrogens (primary N) is 1. The van der Waals surface area contributed by atoms with Crippen molar-refractivity contribution in [3.8, 4) is 0 Å². The first-order valence-corrected chi connectivity index (χ1v) is 5.72. The summed E-state index contributed by atoms with van der Waals surface area (Å²) in [6, 6.07) is 0.241. The van der Waals surface area contributed by atoms with Crippen LogP contribution >= 0.6 is 0 Å². The van der Waals surface area contributed by atoms with Crippen LogP contribution in [0.25, 0.3) is 0 Å². The molecule has 0 saturated heterocycles. The van der Waals surface area contributed by atoms with Crippen LogP contribution in [0.3, 0.4) is 0 Å². The van der Waals surface area contributed by atoms with E-state index < -0.39 is 0 Å². The topological polar surface area (TPSA) is 62.8 Å². The summed E-state index contributed by atoms with van der Waals surface area (Å²) in [5.41, 5.74) is 8.48. The van der Waals surface area contributed by atoms with Gasteiger partial charge in [-0.05, 0) is 18.6 Å². The molecule has 0 radical (unpaired) electrons. The highest BCUT2D eigenvalue weighted by atomic mass is 15.1. The lowest BCUT2D eigenvalue weighted by Gasteiger charge is -2.30. The second-order valence-corrected chi connectivity index (χ2v) is 4.15. The largest absolute Gasteiger partial charge is 0.390 e. The van der Waals surface area contributed by atoms with E-state index in [2.05, 4.69) is 27.5 Å². The number of aliphatic imine (C=N–C) groups is 2. The van der Waals surface area contributed by atoms with Crippen molar-refractivity contribution in [3.63, 3.8) is 0 Å². The van der Waals surface area contributed by atoms with Gasteiger partial charge in [0.05, 0.1) is 35.5 Å². The maximum atomic E-state index is 5.39. The van der Waals surface area contributed by atoms with E-state index in [9.17, 15) is 0 Å². The Morgan fingerprint density at radius 3 is 3.24 bits per heavy atom. The molecule has 0 aromatic carbocycles. The van der Waals surface area contributed by atoms with Crippen LogP contribution in [0.15, 0.2) is 57.8 Å². The number of nitrogens with one attached hydrogen (secondary N) is 1. The van der Waals surface area contributed by atoms with Gasteiger partial charge in [-0.1, -0.05) is 24.3 Å². The number of hydrogen-bond acceptors (Lipinski definition) is 3. The van der Waals surface area contributed by atoms with Crippen molar-refractivity contribution in [2.45, 2.75) is 18.5 Å². The van der Waals surface area contributed by atoms with Gasteiger partial charge in [-0.3, -0.25) is 4.99 Å². The Labute approximate surface area is 100 Å². The Balaban J connectivity index is 2.00. The molecule has 1 heterocycles. The van der Waals surface area contributed by atoms with Crippen molar-refractivity contribution in [2.24, 2.45) is 15.7 Å². The van der Waals surface area contributed by atoms with Crippen molar-refractivity contribution in [1.82, 2.24) is 5.32 Å². The van der Waals surface area contributed by atoms with Crippen molar-refractivity contribution in [1.29, 1.82) is 0 Å². The SMILES string of the molecule is NC=NC1CC=CC2=C1NC1C=CC=CC1=N2. The zero-order valence-electron chi connectivity index (χ0n) is 9.38. The van der Waals surface area contributed by atoms with Gasteiger partial charge in [0.1, 0.15) is 0 Å². The molecule has 0 bridgehead atoms. The molecule has 0 saturated carbocycles. The van der Waals surface area contributed by atoms with Crippen LogP contribution in [0.2, 0.25) is 0 Å². The van der Waals surface area contributed by atoms with E-state index in [0.717, 1.165) is 23.5 Å². The molecule has 0 amide bonds. The molecule has 3 aliphatic rings. The van der Waals surface area contributed by atoms with E-state index in [1.807, 2.05) is 24.3 Å². The van der Waals surface area contributed by atoms with Crippen LogP contribution in [0.1, 0.15) is 6.42 Å². The summed E-state index contributed by atoms with van der Waals surface area (Å²) in [5.74, 6) is 0. The third-order valence-electron chi connectivity index (χ3n) is 3.07. The minimum absolute atomic E-state index is 0.0737. The average Bonchev–Trinajstić information content (AvgIpc) is 2.37. The Bertz CT molecular complexity index is 506. The van der Waals surface area contributed by atoms with Crippen molar-refractivity contribution >= 4 is 12.1 Å². The summed E-state index contributed by atoms with van der Waals surface area (Å²) in [7, 11) is 0. The van der Waals surface area contributed by atoms with E-state index in [1.165, 1.54) is 6.34 Å². The second-order valence-electron chi connectivity index (χ2n) is 4.15. The van der Waals surface area contributed by atoms with Gasteiger partial charge in [0.25, 0.3) is 0 Å². The zero-order chi connectivity index (χ0) is 11.7. The molecule has 2 unspecified atom stereocenters. The summed E-state index contributed by atoms with van der Waals surface area (Å²) >= 11 is 0. The lowest BCUT2D eigenvalue weighted by Crippen LogP contribution is -2.42. The normalized spacial score (nSPS) is 30.0. The minimum atomic E-state index is 0.0737. The molecule has 4 nitrogen and oxygen atoms in total. The molecule has 3 rings (SSSR count). The Hall–Kier alpha value is -2.10. The van der Waals surface area contributed by atoms with Crippen LogP contribution in [0.4, 0.5) is 0 Å². The number of hydrogen-bond donors (Lipinski definition) is 2. The first-order chi connectivity index (χ1) is 8.38. The molecule has 17 heavy (non-hydrogen) atoms. The van der Waals surface area contributed by atoms with E-state index in [0.29, 0.717) is 0 Å². The molecule has 2 aliphatic carbocycles. The summed E-state index contributed by atoms with van der Waals surface area (Å²) in [6.07, 6.45) is 14.5. The quantitative estimate of drug-likeness (QED) is 0.518. The van der Waals surface area contributed by atoms with Gasteiger partial charge in [-0.2, -0.15) is 0 Å². The van der Waals surface area contributed by atoms with Crippen molar-refractivity contribution in [2.75, 3.05) is 0 Å². The van der Waals surface area contributed by atoms with E-state index >= 15 is 0 Å². The molecule has 86 valence electrons. The maximum absolute atomic E-state index is 5.39. The number of rotatable bonds is 1.